The van der Waals surface area contributed by atoms with E-state index in [-0.39, 0.29) is 230 Å². The van der Waals surface area contributed by atoms with Gasteiger partial charge in [-0.1, -0.05) is 129 Å². The van der Waals surface area contributed by atoms with Crippen molar-refractivity contribution in [2.75, 3.05) is 0 Å². The number of rotatable bonds is 0. The standard InChI is InChI=1S/2C22H30NO.C21H28NO.3H2O.3Rb/c2*1-20(24)11-12-22(3)15(13-20)5-7-17-18-8-6-16(14-23-4)21(18,2)10-9-19(17)22;1-20-10-8-16(23)12-14(20)4-6-17-18-7-5-15(13-22-3)21(18,2)11-9-19(17)20;;;;;;/h2*5,14,17-19,24H,3,6-13H2,1-2H3;4,13,16-19,23H,1,5-12H2,2H3;3*1H2;;;/q3*-1;;;;3*+1/p-3/b2*16-14-;15-13-;;;;;;/t2*17-,18-,19-,20+,21+,22-;16-,17+,18+,19+,20+,21-;;;;;;/m001....../s1. The molecule has 9 nitrogen and oxygen atoms in total. The number of hydrogen-bond donors (Lipinski definition) is 3. The van der Waals surface area contributed by atoms with Gasteiger partial charge in [0.25, 0.3) is 0 Å². The summed E-state index contributed by atoms with van der Waals surface area (Å²) in [5.74, 6) is 6.30. The van der Waals surface area contributed by atoms with E-state index in [2.05, 4.69) is 53.5 Å². The molecule has 77 heavy (non-hydrogen) atoms. The van der Waals surface area contributed by atoms with E-state index in [0.29, 0.717) is 41.4 Å². The molecule has 0 aromatic heterocycles. The summed E-state index contributed by atoms with van der Waals surface area (Å²) >= 11 is 0. The van der Waals surface area contributed by atoms with Gasteiger partial charge in [0.2, 0.25) is 0 Å². The molecule has 0 spiro atoms. The molecule has 0 saturated heterocycles. The second-order valence-electron chi connectivity index (χ2n) is 27.6. The third-order valence-electron chi connectivity index (χ3n) is 24.2. The summed E-state index contributed by atoms with van der Waals surface area (Å²) < 4.78 is 0. The Morgan fingerprint density at radius 3 is 1.09 bits per heavy atom. The first-order chi connectivity index (χ1) is 33.6. The molecule has 0 aromatic rings. The Labute approximate surface area is 612 Å². The molecule has 12 aliphatic rings. The van der Waals surface area contributed by atoms with Crippen molar-refractivity contribution in [2.24, 2.45) is 85.8 Å². The van der Waals surface area contributed by atoms with E-state index >= 15 is 0 Å². The Bertz CT molecular complexity index is 2360. The first kappa shape index (κ1) is 71.6. The Hall–Kier alpha value is 2.09. The van der Waals surface area contributed by atoms with Crippen LogP contribution in [0, 0.1) is 126 Å². The van der Waals surface area contributed by atoms with Crippen molar-refractivity contribution in [3.05, 3.63) is 125 Å². The van der Waals surface area contributed by atoms with Gasteiger partial charge in [-0.3, -0.25) is 0 Å². The van der Waals surface area contributed by atoms with Gasteiger partial charge >= 0.3 is 175 Å². The van der Waals surface area contributed by atoms with Crippen molar-refractivity contribution >= 4 is 0 Å². The van der Waals surface area contributed by atoms with Crippen LogP contribution in [0.25, 0.3) is 14.5 Å². The predicted octanol–water partition coefficient (Wildman–Crippen LogP) is 6.04. The van der Waals surface area contributed by atoms with Gasteiger partial charge in [-0.25, -0.2) is 14.5 Å². The van der Waals surface area contributed by atoms with E-state index in [1.165, 1.54) is 91.2 Å². The molecule has 6 N–H and O–H groups in total. The number of allylic oxidation sites excluding steroid dienone is 6. The number of fused-ring (bicyclic) bond motifs is 15. The van der Waals surface area contributed by atoms with Gasteiger partial charge in [0.05, 0.1) is 37.0 Å². The van der Waals surface area contributed by atoms with E-state index in [4.69, 9.17) is 40.5 Å². The van der Waals surface area contributed by atoms with Crippen LogP contribution in [0.2, 0.25) is 0 Å². The molecule has 0 radical (unpaired) electrons. The summed E-state index contributed by atoms with van der Waals surface area (Å²) in [5, 5.41) is 31.0. The first-order valence-electron chi connectivity index (χ1n) is 28.5. The quantitative estimate of drug-likeness (QED) is 0.198. The van der Waals surface area contributed by atoms with Crippen LogP contribution < -0.4 is 175 Å². The third-order valence-corrected chi connectivity index (χ3v) is 24.2. The summed E-state index contributed by atoms with van der Waals surface area (Å²) in [6.45, 7) is 47.1. The Morgan fingerprint density at radius 1 is 0.455 bits per heavy atom. The molecule has 12 heteroatoms. The summed E-state index contributed by atoms with van der Waals surface area (Å²) in [5.41, 5.74) is 8.36. The Balaban J connectivity index is 0.000000240. The van der Waals surface area contributed by atoms with Crippen LogP contribution in [0.1, 0.15) is 189 Å². The first-order valence-corrected chi connectivity index (χ1v) is 28.5. The average molecular weight is 1270 g/mol. The van der Waals surface area contributed by atoms with E-state index in [1.54, 1.807) is 0 Å². The fourth-order valence-electron chi connectivity index (χ4n) is 20.1. The summed E-state index contributed by atoms with van der Waals surface area (Å²) in [7, 11) is 0. The SMILES string of the molecule is [C-]#[N+]/C=C1/CC[C@H]2[C@@H]3CC=C4C[C@H](O)CC[C@]4([CH2-])[C@H]3CC[C@]12C.[C-]#[N+]/C=C1/CC[C@H]2[C@@H]3CC=C4C[C@](C)(O)CC[C@]4([CH2-])[C@H]3CC[C@]12C.[C-]#[N+]/C=C1/CC[C@H]2[C@@H]3CC=C4C[C@](C)(O)CC[C@]4([CH2-])[C@H]3CC[C@]12C.[OH-].[OH-].[OH-].[Rb+].[Rb+].[Rb+]. The van der Waals surface area contributed by atoms with Crippen LogP contribution in [-0.4, -0.2) is 49.1 Å². The van der Waals surface area contributed by atoms with E-state index in [1.807, 2.05) is 32.4 Å². The molecule has 0 bridgehead atoms. The zero-order valence-electron chi connectivity index (χ0n) is 48.9. The van der Waals surface area contributed by atoms with Crippen LogP contribution >= 0.6 is 0 Å². The third kappa shape index (κ3) is 12.6. The minimum absolute atomic E-state index is 0. The topological polar surface area (TPSA) is 164 Å². The fourth-order valence-corrected chi connectivity index (χ4v) is 20.1. The molecule has 0 heterocycles. The molecule has 408 valence electrons. The van der Waals surface area contributed by atoms with Gasteiger partial charge in [0, 0.05) is 0 Å². The summed E-state index contributed by atoms with van der Waals surface area (Å²) in [4.78, 5) is 10.8. The van der Waals surface area contributed by atoms with Crippen molar-refractivity contribution < 1.29 is 206 Å². The second kappa shape index (κ2) is 27.0. The Morgan fingerprint density at radius 2 is 0.766 bits per heavy atom. The van der Waals surface area contributed by atoms with Gasteiger partial charge in [-0.15, -0.1) is 16.2 Å². The van der Waals surface area contributed by atoms with Crippen LogP contribution in [0.4, 0.5) is 0 Å². The zero-order valence-corrected chi connectivity index (χ0v) is 63.6. The summed E-state index contributed by atoms with van der Waals surface area (Å²) in [6, 6.07) is 0. The monoisotopic (exact) mass is 1260 g/mol. The predicted molar refractivity (Wildman–Crippen MR) is 291 cm³/mol. The molecule has 9 saturated carbocycles. The molecule has 18 atom stereocenters. The minimum Gasteiger partial charge on any atom is -0.870 e. The maximum absolute atomic E-state index is 10.5. The van der Waals surface area contributed by atoms with Gasteiger partial charge in [-0.2, -0.15) is 0 Å². The molecule has 12 rings (SSSR count). The smallest absolute Gasteiger partial charge is 0.870 e. The van der Waals surface area contributed by atoms with Crippen molar-refractivity contribution in [3.63, 3.8) is 0 Å². The zero-order chi connectivity index (χ0) is 50.6. The van der Waals surface area contributed by atoms with E-state index in [9.17, 15) is 15.3 Å². The molecular weight excluding hydrogens is 1180 g/mol. The average Bonchev–Trinajstić information content (AvgIpc) is 3.97. The van der Waals surface area contributed by atoms with Gasteiger partial charge in [0.15, 0.2) is 18.6 Å². The Kier molecular flexibility index (Phi) is 25.1. The van der Waals surface area contributed by atoms with Crippen molar-refractivity contribution in [3.8, 4) is 0 Å². The minimum atomic E-state index is -0.540. The molecule has 0 aromatic carbocycles. The molecule has 12 aliphatic carbocycles. The largest absolute Gasteiger partial charge is 1.00 e. The van der Waals surface area contributed by atoms with Crippen molar-refractivity contribution in [1.82, 2.24) is 0 Å². The molecule has 9 fully saturated rings. The molecule has 0 aliphatic heterocycles. The van der Waals surface area contributed by atoms with E-state index < -0.39 is 11.2 Å². The van der Waals surface area contributed by atoms with Crippen molar-refractivity contribution in [2.45, 2.75) is 206 Å². The molecule has 0 amide bonds. The summed E-state index contributed by atoms with van der Waals surface area (Å²) in [6.07, 6.45) is 38.7. The van der Waals surface area contributed by atoms with Crippen molar-refractivity contribution in [1.29, 1.82) is 0 Å². The number of aliphatic hydroxyl groups excluding tert-OH is 1. The van der Waals surface area contributed by atoms with Crippen LogP contribution in [0.5, 0.6) is 0 Å². The molecular formula is C65H91N3O6Rb3-3. The maximum Gasteiger partial charge on any atom is 1.00 e. The fraction of sp³-hybridized carbons (Fsp3) is 0.723. The van der Waals surface area contributed by atoms with Crippen LogP contribution in [0.3, 0.4) is 0 Å². The normalized spacial score (nSPS) is 47.5. The molecule has 0 unspecified atom stereocenters. The number of hydrogen-bond acceptors (Lipinski definition) is 6. The number of aliphatic hydroxyl groups is 3. The number of nitrogens with zero attached hydrogens (tertiary/aromatic N) is 3. The van der Waals surface area contributed by atoms with Gasteiger partial charge < -0.3 is 52.5 Å². The maximum atomic E-state index is 10.5. The van der Waals surface area contributed by atoms with Crippen LogP contribution in [-0.2, 0) is 0 Å². The van der Waals surface area contributed by atoms with E-state index in [0.717, 1.165) is 108 Å². The van der Waals surface area contributed by atoms with Gasteiger partial charge in [-0.05, 0) is 181 Å². The van der Waals surface area contributed by atoms with Gasteiger partial charge in [0.1, 0.15) is 0 Å². The second-order valence-corrected chi connectivity index (χ2v) is 27.6. The van der Waals surface area contributed by atoms with Crippen LogP contribution in [0.15, 0.2) is 70.3 Å².